The van der Waals surface area contributed by atoms with Crippen molar-refractivity contribution in [3.63, 3.8) is 0 Å². The van der Waals surface area contributed by atoms with Gasteiger partial charge in [0.25, 0.3) is 5.91 Å². The van der Waals surface area contributed by atoms with Gasteiger partial charge in [0.1, 0.15) is 11.5 Å². The number of aryl methyl sites for hydroxylation is 1. The fourth-order valence-corrected chi connectivity index (χ4v) is 5.99. The standard InChI is InChI=1S/C24H29N3O8S2/c1-4-34-24(31)21-18-7-5-6-8-19(18)36-23(21)27-22(30)14(2)35-20(29)13-25-37(32,33)17-11-9-16(10-12-17)26-15(3)28/h9-12,14,25H,4-8,13H2,1-3H3,(H,26,28)(H,27,30)/t14-/m0/s1. The number of benzene rings is 1. The molecular weight excluding hydrogens is 522 g/mol. The van der Waals surface area contributed by atoms with Crippen LogP contribution in [0.2, 0.25) is 0 Å². The van der Waals surface area contributed by atoms with Crippen molar-refractivity contribution in [2.24, 2.45) is 0 Å². The lowest BCUT2D eigenvalue weighted by Gasteiger charge is -2.15. The highest BCUT2D eigenvalue weighted by molar-refractivity contribution is 7.89. The molecule has 0 bridgehead atoms. The van der Waals surface area contributed by atoms with E-state index < -0.39 is 40.5 Å². The Bertz CT molecular complexity index is 1290. The predicted molar refractivity (Wildman–Crippen MR) is 137 cm³/mol. The highest BCUT2D eigenvalue weighted by Gasteiger charge is 2.29. The van der Waals surface area contributed by atoms with Gasteiger partial charge in [-0.2, -0.15) is 4.72 Å². The number of rotatable bonds is 10. The molecule has 13 heteroatoms. The van der Waals surface area contributed by atoms with Crippen molar-refractivity contribution < 1.29 is 37.1 Å². The zero-order chi connectivity index (χ0) is 27.2. The summed E-state index contributed by atoms with van der Waals surface area (Å²) in [5, 5.41) is 5.53. The quantitative estimate of drug-likeness (QED) is 0.380. The molecule has 1 atom stereocenters. The van der Waals surface area contributed by atoms with Gasteiger partial charge in [-0.25, -0.2) is 13.2 Å². The predicted octanol–water partition coefficient (Wildman–Crippen LogP) is 2.61. The highest BCUT2D eigenvalue weighted by atomic mass is 32.2. The van der Waals surface area contributed by atoms with Crippen LogP contribution < -0.4 is 15.4 Å². The van der Waals surface area contributed by atoms with Crippen LogP contribution in [0.1, 0.15) is 54.4 Å². The van der Waals surface area contributed by atoms with E-state index >= 15 is 0 Å². The van der Waals surface area contributed by atoms with E-state index in [1.54, 1.807) is 6.92 Å². The summed E-state index contributed by atoms with van der Waals surface area (Å²) in [6, 6.07) is 5.37. The van der Waals surface area contributed by atoms with Crippen LogP contribution in [-0.2, 0) is 46.7 Å². The van der Waals surface area contributed by atoms with E-state index in [1.807, 2.05) is 0 Å². The van der Waals surface area contributed by atoms with Crippen molar-refractivity contribution in [3.05, 3.63) is 40.3 Å². The van der Waals surface area contributed by atoms with E-state index in [2.05, 4.69) is 15.4 Å². The van der Waals surface area contributed by atoms with Crippen LogP contribution in [0.5, 0.6) is 0 Å². The minimum atomic E-state index is -4.04. The largest absolute Gasteiger partial charge is 0.462 e. The molecule has 3 rings (SSSR count). The summed E-state index contributed by atoms with van der Waals surface area (Å²) in [6.07, 6.45) is 2.21. The minimum absolute atomic E-state index is 0.117. The highest BCUT2D eigenvalue weighted by Crippen LogP contribution is 2.38. The Morgan fingerprint density at radius 2 is 1.73 bits per heavy atom. The normalized spacial score (nSPS) is 13.7. The van der Waals surface area contributed by atoms with Gasteiger partial charge in [0, 0.05) is 17.5 Å². The molecular formula is C24H29N3O8S2. The van der Waals surface area contributed by atoms with E-state index in [0.717, 1.165) is 36.1 Å². The summed E-state index contributed by atoms with van der Waals surface area (Å²) in [5.41, 5.74) is 1.64. The van der Waals surface area contributed by atoms with Crippen molar-refractivity contribution in [1.82, 2.24) is 4.72 Å². The third kappa shape index (κ3) is 7.37. The van der Waals surface area contributed by atoms with E-state index in [-0.39, 0.29) is 17.4 Å². The molecule has 0 fully saturated rings. The number of thiophene rings is 1. The number of esters is 2. The van der Waals surface area contributed by atoms with Gasteiger partial charge in [-0.15, -0.1) is 11.3 Å². The number of carbonyl (C=O) groups excluding carboxylic acids is 4. The molecule has 3 N–H and O–H groups in total. The molecule has 0 radical (unpaired) electrons. The molecule has 11 nitrogen and oxygen atoms in total. The van der Waals surface area contributed by atoms with E-state index in [9.17, 15) is 27.6 Å². The molecule has 2 amide bonds. The first kappa shape index (κ1) is 28.3. The number of carbonyl (C=O) groups is 4. The summed E-state index contributed by atoms with van der Waals surface area (Å²) in [7, 11) is -4.04. The van der Waals surface area contributed by atoms with Crippen LogP contribution in [0.15, 0.2) is 29.2 Å². The van der Waals surface area contributed by atoms with Crippen molar-refractivity contribution in [3.8, 4) is 0 Å². The number of sulfonamides is 1. The van der Waals surface area contributed by atoms with Gasteiger partial charge < -0.3 is 20.1 Å². The smallest absolute Gasteiger partial charge is 0.341 e. The molecule has 0 aliphatic heterocycles. The molecule has 0 saturated heterocycles. The van der Waals surface area contributed by atoms with Gasteiger partial charge in [0.05, 0.1) is 17.1 Å². The van der Waals surface area contributed by atoms with Gasteiger partial charge in [0.15, 0.2) is 6.10 Å². The number of hydrogen-bond acceptors (Lipinski definition) is 9. The second kappa shape index (κ2) is 12.3. The van der Waals surface area contributed by atoms with Crippen LogP contribution in [-0.4, -0.2) is 51.4 Å². The Balaban J connectivity index is 1.59. The summed E-state index contributed by atoms with van der Waals surface area (Å²) >= 11 is 1.31. The molecule has 1 aliphatic rings. The third-order valence-corrected chi connectivity index (χ3v) is 8.08. The first-order chi connectivity index (χ1) is 17.5. The van der Waals surface area contributed by atoms with E-state index in [4.69, 9.17) is 9.47 Å². The topological polar surface area (TPSA) is 157 Å². The fraction of sp³-hybridized carbons (Fsp3) is 0.417. The number of anilines is 2. The number of fused-ring (bicyclic) bond motifs is 1. The molecule has 0 saturated carbocycles. The first-order valence-corrected chi connectivity index (χ1v) is 14.0. The maximum Gasteiger partial charge on any atom is 0.341 e. The van der Waals surface area contributed by atoms with Crippen molar-refractivity contribution in [2.45, 2.75) is 57.5 Å². The minimum Gasteiger partial charge on any atom is -0.462 e. The average molecular weight is 552 g/mol. The Labute approximate surface area is 219 Å². The number of ether oxygens (including phenoxy) is 2. The molecule has 2 aromatic rings. The zero-order valence-electron chi connectivity index (χ0n) is 20.7. The number of hydrogen-bond donors (Lipinski definition) is 3. The third-order valence-electron chi connectivity index (χ3n) is 5.46. The SMILES string of the molecule is CCOC(=O)c1c(NC(=O)[C@H](C)OC(=O)CNS(=O)(=O)c2ccc(NC(C)=O)cc2)sc2c1CCCC2. The summed E-state index contributed by atoms with van der Waals surface area (Å²) in [4.78, 5) is 49.5. The van der Waals surface area contributed by atoms with Gasteiger partial charge in [0.2, 0.25) is 15.9 Å². The van der Waals surface area contributed by atoms with Crippen molar-refractivity contribution in [1.29, 1.82) is 0 Å². The van der Waals surface area contributed by atoms with Crippen LogP contribution in [0, 0.1) is 0 Å². The fourth-order valence-electron chi connectivity index (χ4n) is 3.74. The second-order valence-corrected chi connectivity index (χ2v) is 11.2. The summed E-state index contributed by atoms with van der Waals surface area (Å²) < 4.78 is 37.3. The molecule has 0 unspecified atom stereocenters. The van der Waals surface area contributed by atoms with E-state index in [0.29, 0.717) is 16.3 Å². The van der Waals surface area contributed by atoms with Gasteiger partial charge in [-0.05, 0) is 69.4 Å². The maximum atomic E-state index is 12.7. The summed E-state index contributed by atoms with van der Waals surface area (Å²) in [5.74, 6) is -2.43. The van der Waals surface area contributed by atoms with Crippen LogP contribution in [0.25, 0.3) is 0 Å². The maximum absolute atomic E-state index is 12.7. The lowest BCUT2D eigenvalue weighted by atomic mass is 9.95. The number of amides is 2. The van der Waals surface area contributed by atoms with Gasteiger partial charge in [-0.1, -0.05) is 0 Å². The Kier molecular flexibility index (Phi) is 9.40. The van der Waals surface area contributed by atoms with Gasteiger partial charge >= 0.3 is 11.9 Å². The molecule has 0 spiro atoms. The zero-order valence-corrected chi connectivity index (χ0v) is 22.3. The first-order valence-electron chi connectivity index (χ1n) is 11.7. The molecule has 1 aliphatic carbocycles. The van der Waals surface area contributed by atoms with Crippen LogP contribution >= 0.6 is 11.3 Å². The van der Waals surface area contributed by atoms with Crippen LogP contribution in [0.3, 0.4) is 0 Å². The lowest BCUT2D eigenvalue weighted by Crippen LogP contribution is -2.36. The average Bonchev–Trinajstić information content (AvgIpc) is 3.20. The molecule has 1 aromatic heterocycles. The van der Waals surface area contributed by atoms with Crippen LogP contribution in [0.4, 0.5) is 10.7 Å². The van der Waals surface area contributed by atoms with Crippen molar-refractivity contribution in [2.75, 3.05) is 23.8 Å². The molecule has 37 heavy (non-hydrogen) atoms. The Morgan fingerprint density at radius 3 is 2.38 bits per heavy atom. The molecule has 200 valence electrons. The number of nitrogens with one attached hydrogen (secondary N) is 3. The Morgan fingerprint density at radius 1 is 1.05 bits per heavy atom. The molecule has 1 aromatic carbocycles. The monoisotopic (exact) mass is 551 g/mol. The molecule has 1 heterocycles. The lowest BCUT2D eigenvalue weighted by molar-refractivity contribution is -0.151. The van der Waals surface area contributed by atoms with E-state index in [1.165, 1.54) is 49.4 Å². The van der Waals surface area contributed by atoms with Crippen molar-refractivity contribution >= 4 is 55.8 Å². The second-order valence-electron chi connectivity index (χ2n) is 8.29. The van der Waals surface area contributed by atoms with Gasteiger partial charge in [-0.3, -0.25) is 14.4 Å². The summed E-state index contributed by atoms with van der Waals surface area (Å²) in [6.45, 7) is 3.87. The Hall–Kier alpha value is -3.29.